The van der Waals surface area contributed by atoms with Gasteiger partial charge in [-0.2, -0.15) is 0 Å². The molecule has 0 aliphatic rings. The highest BCUT2D eigenvalue weighted by atomic mass is 16.5. The number of nitrogens with one attached hydrogen (secondary N) is 2. The summed E-state index contributed by atoms with van der Waals surface area (Å²) >= 11 is 0. The van der Waals surface area contributed by atoms with Crippen LogP contribution in [0.4, 0.5) is 0 Å². The van der Waals surface area contributed by atoms with Crippen molar-refractivity contribution in [2.24, 2.45) is 5.92 Å². The summed E-state index contributed by atoms with van der Waals surface area (Å²) in [5.41, 5.74) is 0.869. The number of rotatable bonds is 11. The summed E-state index contributed by atoms with van der Waals surface area (Å²) in [5, 5.41) is 7.44. The SMILES string of the molecule is CCOC(=O)C(=O)C(CC)NC(=O)[C@H](CC(C)C)NC(=O)Cc1cccc2ccccc12. The molecular formula is C25H32N2O5. The lowest BCUT2D eigenvalue weighted by molar-refractivity contribution is -0.154. The summed E-state index contributed by atoms with van der Waals surface area (Å²) in [5.74, 6) is -2.42. The lowest BCUT2D eigenvalue weighted by Crippen LogP contribution is -2.53. The minimum atomic E-state index is -0.994. The van der Waals surface area contributed by atoms with Crippen molar-refractivity contribution < 1.29 is 23.9 Å². The Morgan fingerprint density at radius 1 is 0.906 bits per heavy atom. The van der Waals surface area contributed by atoms with Gasteiger partial charge in [-0.3, -0.25) is 14.4 Å². The Labute approximate surface area is 188 Å². The molecule has 0 fully saturated rings. The molecule has 2 atom stereocenters. The number of Topliss-reactive ketones (excluding diaryl/α,β-unsaturated/α-hetero) is 1. The van der Waals surface area contributed by atoms with Gasteiger partial charge in [0.25, 0.3) is 5.78 Å². The van der Waals surface area contributed by atoms with Crippen molar-refractivity contribution in [1.82, 2.24) is 10.6 Å². The first-order chi connectivity index (χ1) is 15.3. The van der Waals surface area contributed by atoms with Crippen LogP contribution in [0.25, 0.3) is 10.8 Å². The molecule has 0 aliphatic heterocycles. The maximum absolute atomic E-state index is 12.9. The molecule has 0 aromatic heterocycles. The Hall–Kier alpha value is -3.22. The number of benzene rings is 2. The summed E-state index contributed by atoms with van der Waals surface area (Å²) in [7, 11) is 0. The lowest BCUT2D eigenvalue weighted by Gasteiger charge is -2.23. The summed E-state index contributed by atoms with van der Waals surface area (Å²) in [6.07, 6.45) is 0.765. The van der Waals surface area contributed by atoms with E-state index in [1.165, 1.54) is 0 Å². The molecule has 32 heavy (non-hydrogen) atoms. The molecule has 0 saturated carbocycles. The van der Waals surface area contributed by atoms with Gasteiger partial charge in [0.05, 0.1) is 19.1 Å². The molecule has 2 amide bonds. The summed E-state index contributed by atoms with van der Waals surface area (Å²) in [6.45, 7) is 7.26. The molecule has 2 N–H and O–H groups in total. The Kier molecular flexibility index (Phi) is 9.38. The van der Waals surface area contributed by atoms with Crippen molar-refractivity contribution in [1.29, 1.82) is 0 Å². The largest absolute Gasteiger partial charge is 0.460 e. The molecule has 1 unspecified atom stereocenters. The first-order valence-electron chi connectivity index (χ1n) is 11.0. The topological polar surface area (TPSA) is 102 Å². The van der Waals surface area contributed by atoms with Crippen LogP contribution in [0.1, 0.15) is 46.1 Å². The van der Waals surface area contributed by atoms with Gasteiger partial charge in [0, 0.05) is 0 Å². The number of hydrogen-bond acceptors (Lipinski definition) is 5. The van der Waals surface area contributed by atoms with E-state index in [4.69, 9.17) is 4.74 Å². The van der Waals surface area contributed by atoms with E-state index in [-0.39, 0.29) is 31.3 Å². The Morgan fingerprint density at radius 3 is 2.25 bits per heavy atom. The van der Waals surface area contributed by atoms with Gasteiger partial charge in [-0.25, -0.2) is 4.79 Å². The average Bonchev–Trinajstić information content (AvgIpc) is 2.76. The Morgan fingerprint density at radius 2 is 1.59 bits per heavy atom. The van der Waals surface area contributed by atoms with Gasteiger partial charge in [0.1, 0.15) is 6.04 Å². The highest BCUT2D eigenvalue weighted by Gasteiger charge is 2.30. The van der Waals surface area contributed by atoms with Crippen molar-refractivity contribution >= 4 is 34.3 Å². The molecule has 172 valence electrons. The average molecular weight is 441 g/mol. The maximum atomic E-state index is 12.9. The third-order valence-electron chi connectivity index (χ3n) is 5.11. The van der Waals surface area contributed by atoms with Gasteiger partial charge in [0.15, 0.2) is 0 Å². The number of amides is 2. The number of hydrogen-bond donors (Lipinski definition) is 2. The number of ketones is 1. The van der Waals surface area contributed by atoms with Crippen molar-refractivity contribution in [2.45, 2.75) is 59.0 Å². The second-order valence-corrected chi connectivity index (χ2v) is 8.12. The van der Waals surface area contributed by atoms with Crippen molar-refractivity contribution in [3.8, 4) is 0 Å². The zero-order valence-electron chi connectivity index (χ0n) is 19.1. The molecule has 0 saturated heterocycles. The van der Waals surface area contributed by atoms with Gasteiger partial charge < -0.3 is 15.4 Å². The summed E-state index contributed by atoms with van der Waals surface area (Å²) in [6, 6.07) is 11.8. The third-order valence-corrected chi connectivity index (χ3v) is 5.11. The molecule has 2 aromatic carbocycles. The highest BCUT2D eigenvalue weighted by Crippen LogP contribution is 2.19. The molecule has 2 aromatic rings. The fourth-order valence-corrected chi connectivity index (χ4v) is 3.54. The van der Waals surface area contributed by atoms with Crippen LogP contribution in [0.5, 0.6) is 0 Å². The number of fused-ring (bicyclic) bond motifs is 1. The van der Waals surface area contributed by atoms with Gasteiger partial charge in [-0.1, -0.05) is 63.2 Å². The van der Waals surface area contributed by atoms with Gasteiger partial charge in [-0.15, -0.1) is 0 Å². The van der Waals surface area contributed by atoms with E-state index in [9.17, 15) is 19.2 Å². The zero-order chi connectivity index (χ0) is 23.7. The number of ether oxygens (including phenoxy) is 1. The fraction of sp³-hybridized carbons (Fsp3) is 0.440. The first-order valence-corrected chi connectivity index (χ1v) is 11.0. The second kappa shape index (κ2) is 12.0. The minimum absolute atomic E-state index is 0.0785. The monoisotopic (exact) mass is 440 g/mol. The maximum Gasteiger partial charge on any atom is 0.376 e. The van der Waals surface area contributed by atoms with Crippen molar-refractivity contribution in [3.63, 3.8) is 0 Å². The van der Waals surface area contributed by atoms with Gasteiger partial charge >= 0.3 is 5.97 Å². The molecule has 0 aliphatic carbocycles. The van der Waals surface area contributed by atoms with Gasteiger partial charge in [0.2, 0.25) is 11.8 Å². The molecule has 0 spiro atoms. The third kappa shape index (κ3) is 6.90. The van der Waals surface area contributed by atoms with E-state index >= 15 is 0 Å². The molecule has 0 heterocycles. The predicted octanol–water partition coefficient (Wildman–Crippen LogP) is 2.94. The molecular weight excluding hydrogens is 408 g/mol. The molecule has 0 bridgehead atoms. The normalized spacial score (nSPS) is 12.8. The van der Waals surface area contributed by atoms with Crippen LogP contribution in [-0.2, 0) is 30.3 Å². The quantitative estimate of drug-likeness (QED) is 0.413. The van der Waals surface area contributed by atoms with Gasteiger partial charge in [-0.05, 0) is 42.0 Å². The summed E-state index contributed by atoms with van der Waals surface area (Å²) < 4.78 is 4.75. The van der Waals surface area contributed by atoms with E-state index in [1.54, 1.807) is 13.8 Å². The second-order valence-electron chi connectivity index (χ2n) is 8.12. The van der Waals surface area contributed by atoms with Crippen LogP contribution in [0, 0.1) is 5.92 Å². The fourth-order valence-electron chi connectivity index (χ4n) is 3.54. The van der Waals surface area contributed by atoms with Crippen LogP contribution < -0.4 is 10.6 Å². The van der Waals surface area contributed by atoms with E-state index < -0.39 is 29.7 Å². The van der Waals surface area contributed by atoms with E-state index in [2.05, 4.69) is 10.6 Å². The molecule has 7 heteroatoms. The lowest BCUT2D eigenvalue weighted by atomic mass is 10.00. The van der Waals surface area contributed by atoms with Crippen LogP contribution in [0.3, 0.4) is 0 Å². The number of carbonyl (C=O) groups is 4. The Balaban J connectivity index is 2.11. The highest BCUT2D eigenvalue weighted by molar-refractivity contribution is 6.36. The van der Waals surface area contributed by atoms with Crippen molar-refractivity contribution in [3.05, 3.63) is 48.0 Å². The minimum Gasteiger partial charge on any atom is -0.460 e. The smallest absolute Gasteiger partial charge is 0.376 e. The van der Waals surface area contributed by atoms with Crippen LogP contribution in [-0.4, -0.2) is 42.3 Å². The van der Waals surface area contributed by atoms with Crippen LogP contribution >= 0.6 is 0 Å². The van der Waals surface area contributed by atoms with Crippen LogP contribution in [0.15, 0.2) is 42.5 Å². The Bertz CT molecular complexity index is 964. The number of carbonyl (C=O) groups excluding carboxylic acids is 4. The molecule has 0 radical (unpaired) electrons. The number of esters is 1. The van der Waals surface area contributed by atoms with Crippen LogP contribution in [0.2, 0.25) is 0 Å². The molecule has 7 nitrogen and oxygen atoms in total. The molecule has 2 rings (SSSR count). The van der Waals surface area contributed by atoms with E-state index in [0.717, 1.165) is 16.3 Å². The zero-order valence-corrected chi connectivity index (χ0v) is 19.1. The van der Waals surface area contributed by atoms with E-state index in [0.29, 0.717) is 6.42 Å². The van der Waals surface area contributed by atoms with Crippen molar-refractivity contribution in [2.75, 3.05) is 6.61 Å². The van der Waals surface area contributed by atoms with E-state index in [1.807, 2.05) is 56.3 Å². The first kappa shape index (κ1) is 25.0. The predicted molar refractivity (Wildman–Crippen MR) is 123 cm³/mol. The standard InChI is InChI=1S/C25H32N2O5/c1-5-20(23(29)25(31)32-6-2)27-24(30)21(14-16(3)4)26-22(28)15-18-12-9-11-17-10-7-8-13-19(17)18/h7-13,16,20-21H,5-6,14-15H2,1-4H3,(H,26,28)(H,27,30)/t20?,21-/m0/s1. The summed E-state index contributed by atoms with van der Waals surface area (Å²) in [4.78, 5) is 49.7.